The molecule has 2 aromatic rings. The summed E-state index contributed by atoms with van der Waals surface area (Å²) in [7, 11) is 0. The van der Waals surface area contributed by atoms with E-state index in [0.717, 1.165) is 12.0 Å². The van der Waals surface area contributed by atoms with Crippen molar-refractivity contribution in [2.45, 2.75) is 39.3 Å². The molecule has 2 N–H and O–H groups in total. The largest absolute Gasteiger partial charge is 0.482 e. The number of hydrogen-bond acceptors (Lipinski definition) is 3. The molecule has 0 radical (unpaired) electrons. The van der Waals surface area contributed by atoms with Gasteiger partial charge in [0, 0.05) is 10.9 Å². The molecule has 0 aliphatic carbocycles. The van der Waals surface area contributed by atoms with Crippen molar-refractivity contribution < 1.29 is 4.74 Å². The molecule has 2 rings (SSSR count). The van der Waals surface area contributed by atoms with Crippen LogP contribution in [0.25, 0.3) is 0 Å². The van der Waals surface area contributed by atoms with E-state index in [0.29, 0.717) is 10.8 Å². The number of hydrogen-bond donors (Lipinski definition) is 1. The van der Waals surface area contributed by atoms with Crippen molar-refractivity contribution in [3.63, 3.8) is 0 Å². The Morgan fingerprint density at radius 2 is 2.05 bits per heavy atom. The Morgan fingerprint density at radius 3 is 2.65 bits per heavy atom. The normalized spacial score (nSPS) is 14.1. The minimum absolute atomic E-state index is 0.0519. The molecule has 2 unspecified atom stereocenters. The molecule has 4 heteroatoms. The van der Waals surface area contributed by atoms with E-state index in [-0.39, 0.29) is 12.1 Å². The summed E-state index contributed by atoms with van der Waals surface area (Å²) in [5, 5.41) is 2.69. The third kappa shape index (κ3) is 3.35. The van der Waals surface area contributed by atoms with Gasteiger partial charge in [-0.25, -0.2) is 0 Å². The molecular weight excluding hydrogens is 290 g/mol. The zero-order chi connectivity index (χ0) is 14.7. The van der Waals surface area contributed by atoms with Crippen molar-refractivity contribution in [2.24, 2.45) is 5.73 Å². The molecule has 0 amide bonds. The summed E-state index contributed by atoms with van der Waals surface area (Å²) in [6, 6.07) is 7.84. The van der Waals surface area contributed by atoms with Crippen molar-refractivity contribution in [2.75, 3.05) is 0 Å². The molecule has 1 aromatic carbocycles. The smallest absolute Gasteiger partial charge is 0.148 e. The van der Waals surface area contributed by atoms with Crippen molar-refractivity contribution in [3.05, 3.63) is 50.7 Å². The molecule has 0 spiro atoms. The third-order valence-electron chi connectivity index (χ3n) is 3.36. The summed E-state index contributed by atoms with van der Waals surface area (Å²) in [4.78, 5) is 1.18. The summed E-state index contributed by atoms with van der Waals surface area (Å²) < 4.78 is 6.16. The van der Waals surface area contributed by atoms with Crippen molar-refractivity contribution in [1.82, 2.24) is 0 Å². The number of benzene rings is 1. The predicted molar refractivity (Wildman–Crippen MR) is 86.9 cm³/mol. The van der Waals surface area contributed by atoms with Gasteiger partial charge < -0.3 is 10.5 Å². The van der Waals surface area contributed by atoms with E-state index in [1.807, 2.05) is 25.1 Å². The monoisotopic (exact) mass is 309 g/mol. The van der Waals surface area contributed by atoms with Gasteiger partial charge in [0.05, 0.1) is 5.02 Å². The van der Waals surface area contributed by atoms with Crippen LogP contribution in [0.5, 0.6) is 5.75 Å². The molecule has 1 heterocycles. The topological polar surface area (TPSA) is 35.2 Å². The predicted octanol–water partition coefficient (Wildman–Crippen LogP) is 4.88. The molecular formula is C16H20ClNOS. The second-order valence-corrected chi connectivity index (χ2v) is 6.37. The first-order valence-electron chi connectivity index (χ1n) is 6.75. The second-order valence-electron chi connectivity index (χ2n) is 5.01. The van der Waals surface area contributed by atoms with Gasteiger partial charge in [0.25, 0.3) is 0 Å². The SMILES string of the molecule is CCC(N)C(Oc1cc(C)ccc1Cl)c1sccc1C. The first kappa shape index (κ1) is 15.4. The minimum atomic E-state index is -0.153. The van der Waals surface area contributed by atoms with Crippen LogP contribution in [-0.4, -0.2) is 6.04 Å². The highest BCUT2D eigenvalue weighted by Gasteiger charge is 2.24. The fourth-order valence-electron chi connectivity index (χ4n) is 2.06. The summed E-state index contributed by atoms with van der Waals surface area (Å²) in [5.74, 6) is 0.702. The number of aryl methyl sites for hydroxylation is 2. The van der Waals surface area contributed by atoms with E-state index in [2.05, 4.69) is 25.3 Å². The van der Waals surface area contributed by atoms with Crippen LogP contribution in [0.4, 0.5) is 0 Å². The van der Waals surface area contributed by atoms with Crippen LogP contribution in [-0.2, 0) is 0 Å². The summed E-state index contributed by atoms with van der Waals surface area (Å²) in [5.41, 5.74) is 8.59. The van der Waals surface area contributed by atoms with Crippen molar-refractivity contribution in [3.8, 4) is 5.75 Å². The van der Waals surface area contributed by atoms with Gasteiger partial charge in [-0.1, -0.05) is 24.6 Å². The molecule has 0 saturated carbocycles. The highest BCUT2D eigenvalue weighted by Crippen LogP contribution is 2.34. The maximum absolute atomic E-state index is 6.25. The van der Waals surface area contributed by atoms with Gasteiger partial charge in [-0.15, -0.1) is 11.3 Å². The van der Waals surface area contributed by atoms with Crippen LogP contribution in [0.3, 0.4) is 0 Å². The summed E-state index contributed by atoms with van der Waals surface area (Å²) in [6.45, 7) is 6.18. The zero-order valence-electron chi connectivity index (χ0n) is 12.0. The van der Waals surface area contributed by atoms with Gasteiger partial charge in [0.2, 0.25) is 0 Å². The highest BCUT2D eigenvalue weighted by atomic mass is 35.5. The molecule has 108 valence electrons. The van der Waals surface area contributed by atoms with Crippen molar-refractivity contribution >= 4 is 22.9 Å². The molecule has 1 aromatic heterocycles. The Hall–Kier alpha value is -1.03. The molecule has 0 bridgehead atoms. The Labute approximate surface area is 129 Å². The Balaban J connectivity index is 2.33. The lowest BCUT2D eigenvalue weighted by Crippen LogP contribution is -2.31. The van der Waals surface area contributed by atoms with E-state index in [9.17, 15) is 0 Å². The number of rotatable bonds is 5. The quantitative estimate of drug-likeness (QED) is 0.854. The number of halogens is 1. The number of nitrogens with two attached hydrogens (primary N) is 1. The maximum Gasteiger partial charge on any atom is 0.148 e. The van der Waals surface area contributed by atoms with Crippen LogP contribution in [0.15, 0.2) is 29.6 Å². The second kappa shape index (κ2) is 6.61. The van der Waals surface area contributed by atoms with Gasteiger partial charge in [0.15, 0.2) is 0 Å². The molecule has 2 nitrogen and oxygen atoms in total. The first-order chi connectivity index (χ1) is 9.52. The van der Waals surface area contributed by atoms with Gasteiger partial charge >= 0.3 is 0 Å². The molecule has 0 fully saturated rings. The van der Waals surface area contributed by atoms with Crippen LogP contribution < -0.4 is 10.5 Å². The average molecular weight is 310 g/mol. The van der Waals surface area contributed by atoms with E-state index in [1.165, 1.54) is 10.4 Å². The van der Waals surface area contributed by atoms with E-state index in [1.54, 1.807) is 11.3 Å². The lowest BCUT2D eigenvalue weighted by Gasteiger charge is -2.25. The van der Waals surface area contributed by atoms with Gasteiger partial charge in [-0.3, -0.25) is 0 Å². The van der Waals surface area contributed by atoms with Crippen LogP contribution in [0, 0.1) is 13.8 Å². The lowest BCUT2D eigenvalue weighted by molar-refractivity contribution is 0.174. The molecule has 20 heavy (non-hydrogen) atoms. The minimum Gasteiger partial charge on any atom is -0.482 e. The fourth-order valence-corrected chi connectivity index (χ4v) is 3.25. The van der Waals surface area contributed by atoms with E-state index in [4.69, 9.17) is 22.1 Å². The zero-order valence-corrected chi connectivity index (χ0v) is 13.6. The van der Waals surface area contributed by atoms with Gasteiger partial charge in [-0.2, -0.15) is 0 Å². The van der Waals surface area contributed by atoms with Crippen LogP contribution in [0.1, 0.15) is 35.5 Å². The number of thiophene rings is 1. The lowest BCUT2D eigenvalue weighted by atomic mass is 10.1. The van der Waals surface area contributed by atoms with Gasteiger partial charge in [-0.05, 0) is 55.0 Å². The Kier molecular flexibility index (Phi) is 5.08. The van der Waals surface area contributed by atoms with Crippen LogP contribution in [0.2, 0.25) is 5.02 Å². The van der Waals surface area contributed by atoms with E-state index < -0.39 is 0 Å². The van der Waals surface area contributed by atoms with E-state index >= 15 is 0 Å². The highest BCUT2D eigenvalue weighted by molar-refractivity contribution is 7.10. The Bertz CT molecular complexity index is 582. The summed E-state index contributed by atoms with van der Waals surface area (Å²) in [6.07, 6.45) is 0.699. The molecule has 0 aliphatic heterocycles. The maximum atomic E-state index is 6.25. The molecule has 0 saturated heterocycles. The number of ether oxygens (including phenoxy) is 1. The first-order valence-corrected chi connectivity index (χ1v) is 8.01. The molecule has 0 aliphatic rings. The van der Waals surface area contributed by atoms with Gasteiger partial charge in [0.1, 0.15) is 11.9 Å². The third-order valence-corrected chi connectivity index (χ3v) is 4.75. The van der Waals surface area contributed by atoms with Crippen LogP contribution >= 0.6 is 22.9 Å². The standard InChI is InChI=1S/C16H20ClNOS/c1-4-13(18)15(16-11(3)7-8-20-16)19-14-9-10(2)5-6-12(14)17/h5-9,13,15H,4,18H2,1-3H3. The molecule has 2 atom stereocenters. The van der Waals surface area contributed by atoms with Crippen molar-refractivity contribution in [1.29, 1.82) is 0 Å². The summed E-state index contributed by atoms with van der Waals surface area (Å²) >= 11 is 7.91. The Morgan fingerprint density at radius 1 is 1.30 bits per heavy atom. The average Bonchev–Trinajstić information content (AvgIpc) is 2.85. The fraction of sp³-hybridized carbons (Fsp3) is 0.375.